The molecule has 1 atom stereocenters. The molecule has 3 aromatic rings. The number of ether oxygens (including phenoxy) is 1. The third-order valence-corrected chi connectivity index (χ3v) is 5.83. The first-order chi connectivity index (χ1) is 16.3. The van der Waals surface area contributed by atoms with E-state index in [0.717, 1.165) is 22.3 Å². The third kappa shape index (κ3) is 5.21. The standard InChI is InChI=1S/C26H23ClN2O5/c1-15(10-24(30)31)28-25(32)16-11-17(27)13-18(12-16)29-26(33)34-14-23-21-8-4-2-6-19(21)20-7-3-5-9-22(20)23/h2-9,11-13,15,23H,10,14H2,1H3,(H,28,32)(H,29,33)(H,30,31)/t15-/m1/s1. The Balaban J connectivity index is 1.42. The largest absolute Gasteiger partial charge is 0.481 e. The number of hydrogen-bond donors (Lipinski definition) is 3. The number of halogens is 1. The van der Waals surface area contributed by atoms with Crippen molar-refractivity contribution < 1.29 is 24.2 Å². The van der Waals surface area contributed by atoms with Crippen molar-refractivity contribution in [2.75, 3.05) is 11.9 Å². The van der Waals surface area contributed by atoms with Gasteiger partial charge in [0.15, 0.2) is 0 Å². The van der Waals surface area contributed by atoms with Crippen LogP contribution in [0.15, 0.2) is 66.7 Å². The van der Waals surface area contributed by atoms with Crippen LogP contribution in [0.1, 0.15) is 40.7 Å². The van der Waals surface area contributed by atoms with Gasteiger partial charge in [0.1, 0.15) is 6.61 Å². The number of carbonyl (C=O) groups excluding carboxylic acids is 2. The Morgan fingerprint density at radius 3 is 2.24 bits per heavy atom. The zero-order valence-electron chi connectivity index (χ0n) is 18.4. The minimum atomic E-state index is -1.02. The van der Waals surface area contributed by atoms with Gasteiger partial charge in [0.25, 0.3) is 5.91 Å². The van der Waals surface area contributed by atoms with Crippen molar-refractivity contribution in [1.29, 1.82) is 0 Å². The van der Waals surface area contributed by atoms with Gasteiger partial charge in [0.2, 0.25) is 0 Å². The van der Waals surface area contributed by atoms with E-state index in [1.54, 1.807) is 6.92 Å². The van der Waals surface area contributed by atoms with Gasteiger partial charge >= 0.3 is 12.1 Å². The highest BCUT2D eigenvalue weighted by atomic mass is 35.5. The molecule has 0 aromatic heterocycles. The summed E-state index contributed by atoms with van der Waals surface area (Å²) in [5.41, 5.74) is 4.96. The highest BCUT2D eigenvalue weighted by molar-refractivity contribution is 6.31. The Hall–Kier alpha value is -3.84. The van der Waals surface area contributed by atoms with Crippen molar-refractivity contribution in [3.8, 4) is 11.1 Å². The Morgan fingerprint density at radius 1 is 1.00 bits per heavy atom. The molecule has 0 heterocycles. The van der Waals surface area contributed by atoms with Gasteiger partial charge in [-0.1, -0.05) is 60.1 Å². The zero-order chi connectivity index (χ0) is 24.2. The summed E-state index contributed by atoms with van der Waals surface area (Å²) in [7, 11) is 0. The monoisotopic (exact) mass is 478 g/mol. The molecule has 1 aliphatic carbocycles. The smallest absolute Gasteiger partial charge is 0.411 e. The van der Waals surface area contributed by atoms with E-state index in [0.29, 0.717) is 5.69 Å². The Kier molecular flexibility index (Phi) is 6.84. The number of benzene rings is 3. The fourth-order valence-electron chi connectivity index (χ4n) is 4.17. The van der Waals surface area contributed by atoms with Gasteiger partial charge in [-0.25, -0.2) is 4.79 Å². The van der Waals surface area contributed by atoms with Crippen LogP contribution in [0, 0.1) is 0 Å². The van der Waals surface area contributed by atoms with Crippen LogP contribution in [0.2, 0.25) is 5.02 Å². The molecular formula is C26H23ClN2O5. The van der Waals surface area contributed by atoms with Crippen molar-refractivity contribution in [1.82, 2.24) is 5.32 Å². The topological polar surface area (TPSA) is 105 Å². The summed E-state index contributed by atoms with van der Waals surface area (Å²) in [6.07, 6.45) is -0.883. The van der Waals surface area contributed by atoms with Crippen LogP contribution in [0.25, 0.3) is 11.1 Å². The second-order valence-corrected chi connectivity index (χ2v) is 8.59. The summed E-state index contributed by atoms with van der Waals surface area (Å²) in [4.78, 5) is 35.8. The summed E-state index contributed by atoms with van der Waals surface area (Å²) in [5.74, 6) is -1.59. The number of amides is 2. The van der Waals surface area contributed by atoms with Crippen molar-refractivity contribution in [2.45, 2.75) is 25.3 Å². The lowest BCUT2D eigenvalue weighted by Gasteiger charge is -2.15. The molecule has 0 aliphatic heterocycles. The lowest BCUT2D eigenvalue weighted by atomic mass is 9.98. The number of carbonyl (C=O) groups is 3. The Bertz CT molecular complexity index is 1210. The van der Waals surface area contributed by atoms with E-state index in [1.165, 1.54) is 18.2 Å². The average molecular weight is 479 g/mol. The predicted octanol–water partition coefficient (Wildman–Crippen LogP) is 5.29. The van der Waals surface area contributed by atoms with Gasteiger partial charge in [-0.05, 0) is 47.4 Å². The molecule has 0 saturated carbocycles. The minimum Gasteiger partial charge on any atom is -0.481 e. The highest BCUT2D eigenvalue weighted by Gasteiger charge is 2.29. The van der Waals surface area contributed by atoms with Crippen molar-refractivity contribution in [3.63, 3.8) is 0 Å². The van der Waals surface area contributed by atoms with Crippen LogP contribution < -0.4 is 10.6 Å². The molecule has 0 fully saturated rings. The van der Waals surface area contributed by atoms with E-state index >= 15 is 0 Å². The molecule has 8 heteroatoms. The van der Waals surface area contributed by atoms with E-state index in [4.69, 9.17) is 21.4 Å². The van der Waals surface area contributed by atoms with E-state index in [-0.39, 0.29) is 29.5 Å². The molecule has 0 radical (unpaired) electrons. The second kappa shape index (κ2) is 9.97. The van der Waals surface area contributed by atoms with Crippen LogP contribution in [0.5, 0.6) is 0 Å². The maximum Gasteiger partial charge on any atom is 0.411 e. The van der Waals surface area contributed by atoms with Crippen LogP contribution >= 0.6 is 11.6 Å². The molecule has 4 rings (SSSR count). The molecule has 1 aliphatic rings. The zero-order valence-corrected chi connectivity index (χ0v) is 19.1. The summed E-state index contributed by atoms with van der Waals surface area (Å²) in [6.45, 7) is 1.74. The van der Waals surface area contributed by atoms with Crippen molar-refractivity contribution in [3.05, 3.63) is 88.4 Å². The predicted molar refractivity (Wildman–Crippen MR) is 129 cm³/mol. The molecular weight excluding hydrogens is 456 g/mol. The number of carboxylic acids is 1. The molecule has 0 saturated heterocycles. The number of carboxylic acid groups (broad SMARTS) is 1. The number of nitrogens with one attached hydrogen (secondary N) is 2. The third-order valence-electron chi connectivity index (χ3n) is 5.61. The number of rotatable bonds is 7. The summed E-state index contributed by atoms with van der Waals surface area (Å²) in [5, 5.41) is 14.3. The number of fused-ring (bicyclic) bond motifs is 3. The van der Waals surface area contributed by atoms with Gasteiger partial charge in [0, 0.05) is 28.2 Å². The number of aliphatic carboxylic acids is 1. The van der Waals surface area contributed by atoms with Gasteiger partial charge in [-0.2, -0.15) is 0 Å². The normalized spacial score (nSPS) is 12.9. The molecule has 0 bridgehead atoms. The van der Waals surface area contributed by atoms with Crippen LogP contribution in [-0.4, -0.2) is 35.7 Å². The first-order valence-corrected chi connectivity index (χ1v) is 11.1. The second-order valence-electron chi connectivity index (χ2n) is 8.15. The van der Waals surface area contributed by atoms with E-state index in [2.05, 4.69) is 22.8 Å². The lowest BCUT2D eigenvalue weighted by Crippen LogP contribution is -2.34. The SMILES string of the molecule is C[C@H](CC(=O)O)NC(=O)c1cc(Cl)cc(NC(=O)OCC2c3ccccc3-c3ccccc32)c1. The highest BCUT2D eigenvalue weighted by Crippen LogP contribution is 2.44. The van der Waals surface area contributed by atoms with E-state index < -0.39 is 24.0 Å². The Morgan fingerprint density at radius 2 is 1.62 bits per heavy atom. The maximum atomic E-state index is 12.5. The first kappa shape index (κ1) is 23.3. The summed E-state index contributed by atoms with van der Waals surface area (Å²) < 4.78 is 5.53. The molecule has 2 amide bonds. The fraction of sp³-hybridized carbons (Fsp3) is 0.192. The van der Waals surface area contributed by atoms with Gasteiger partial charge in [-0.15, -0.1) is 0 Å². The number of anilines is 1. The Labute approximate surface area is 201 Å². The van der Waals surface area contributed by atoms with Crippen molar-refractivity contribution in [2.24, 2.45) is 0 Å². The molecule has 34 heavy (non-hydrogen) atoms. The molecule has 0 unspecified atom stereocenters. The van der Waals surface area contributed by atoms with Gasteiger partial charge in [-0.3, -0.25) is 14.9 Å². The van der Waals surface area contributed by atoms with Crippen molar-refractivity contribution >= 4 is 35.3 Å². The number of hydrogen-bond acceptors (Lipinski definition) is 4. The van der Waals surface area contributed by atoms with Crippen LogP contribution in [0.3, 0.4) is 0 Å². The van der Waals surface area contributed by atoms with E-state index in [1.807, 2.05) is 36.4 Å². The fourth-order valence-corrected chi connectivity index (χ4v) is 4.40. The molecule has 3 aromatic carbocycles. The van der Waals surface area contributed by atoms with Gasteiger partial charge < -0.3 is 15.2 Å². The summed E-state index contributed by atoms with van der Waals surface area (Å²) >= 11 is 6.13. The van der Waals surface area contributed by atoms with E-state index in [9.17, 15) is 14.4 Å². The van der Waals surface area contributed by atoms with Crippen LogP contribution in [0.4, 0.5) is 10.5 Å². The first-order valence-electron chi connectivity index (χ1n) is 10.8. The molecule has 3 N–H and O–H groups in total. The average Bonchev–Trinajstić information content (AvgIpc) is 3.10. The van der Waals surface area contributed by atoms with Gasteiger partial charge in [0.05, 0.1) is 6.42 Å². The molecule has 0 spiro atoms. The van der Waals surface area contributed by atoms with Crippen LogP contribution in [-0.2, 0) is 9.53 Å². The molecule has 7 nitrogen and oxygen atoms in total. The minimum absolute atomic E-state index is 0.0745. The summed E-state index contributed by atoms with van der Waals surface area (Å²) in [6, 6.07) is 19.9. The maximum absolute atomic E-state index is 12.5. The quantitative estimate of drug-likeness (QED) is 0.427. The lowest BCUT2D eigenvalue weighted by molar-refractivity contribution is -0.137. The molecule has 174 valence electrons.